The van der Waals surface area contributed by atoms with Gasteiger partial charge in [-0.3, -0.25) is 14.4 Å². The van der Waals surface area contributed by atoms with E-state index in [0.29, 0.717) is 18.9 Å². The Hall–Kier alpha value is -1.77. The van der Waals surface area contributed by atoms with Gasteiger partial charge in [0.15, 0.2) is 18.9 Å². The van der Waals surface area contributed by atoms with Crippen molar-refractivity contribution in [2.45, 2.75) is 0 Å². The molecule has 1 aromatic rings. The standard InChI is InChI=1S/C9H6O3/c10-4-7-2-1-3-8(5-11)9(7)6-12/h1-6H. The Morgan fingerprint density at radius 2 is 1.33 bits per heavy atom. The third-order valence-electron chi connectivity index (χ3n) is 1.55. The van der Waals surface area contributed by atoms with Crippen LogP contribution in [0.25, 0.3) is 0 Å². The lowest BCUT2D eigenvalue weighted by Gasteiger charge is -1.97. The second-order valence-corrected chi connectivity index (χ2v) is 2.20. The molecule has 0 aliphatic rings. The first kappa shape index (κ1) is 8.33. The molecular weight excluding hydrogens is 156 g/mol. The molecule has 0 spiro atoms. The Morgan fingerprint density at radius 3 is 1.67 bits per heavy atom. The van der Waals surface area contributed by atoms with Crippen LogP contribution in [0.15, 0.2) is 18.2 Å². The summed E-state index contributed by atoms with van der Waals surface area (Å²) in [6.07, 6.45) is 1.61. The van der Waals surface area contributed by atoms with E-state index in [4.69, 9.17) is 0 Å². The van der Waals surface area contributed by atoms with Gasteiger partial charge in [-0.05, 0) is 0 Å². The predicted molar refractivity (Wildman–Crippen MR) is 42.6 cm³/mol. The van der Waals surface area contributed by atoms with Crippen LogP contribution in [0.5, 0.6) is 0 Å². The SMILES string of the molecule is O=Cc1cccc(C=O)c1C=O. The topological polar surface area (TPSA) is 51.2 Å². The lowest BCUT2D eigenvalue weighted by Crippen LogP contribution is -1.96. The summed E-state index contributed by atoms with van der Waals surface area (Å²) < 4.78 is 0. The van der Waals surface area contributed by atoms with Crippen molar-refractivity contribution < 1.29 is 14.4 Å². The molecule has 3 nitrogen and oxygen atoms in total. The van der Waals surface area contributed by atoms with Crippen LogP contribution in [0.4, 0.5) is 0 Å². The van der Waals surface area contributed by atoms with Crippen LogP contribution in [-0.2, 0) is 0 Å². The predicted octanol–water partition coefficient (Wildman–Crippen LogP) is 1.12. The fourth-order valence-corrected chi connectivity index (χ4v) is 0.943. The maximum absolute atomic E-state index is 10.4. The van der Waals surface area contributed by atoms with Crippen molar-refractivity contribution in [3.63, 3.8) is 0 Å². The van der Waals surface area contributed by atoms with Crippen LogP contribution in [0.2, 0.25) is 0 Å². The van der Waals surface area contributed by atoms with Crippen LogP contribution in [0.3, 0.4) is 0 Å². The van der Waals surface area contributed by atoms with Gasteiger partial charge >= 0.3 is 0 Å². The van der Waals surface area contributed by atoms with Gasteiger partial charge in [0.05, 0.1) is 0 Å². The zero-order valence-electron chi connectivity index (χ0n) is 6.19. The van der Waals surface area contributed by atoms with E-state index in [9.17, 15) is 14.4 Å². The number of benzene rings is 1. The summed E-state index contributed by atoms with van der Waals surface area (Å²) >= 11 is 0. The van der Waals surface area contributed by atoms with Gasteiger partial charge in [0, 0.05) is 16.7 Å². The molecular formula is C9H6O3. The third-order valence-corrected chi connectivity index (χ3v) is 1.55. The smallest absolute Gasteiger partial charge is 0.151 e. The molecule has 0 heterocycles. The summed E-state index contributed by atoms with van der Waals surface area (Å²) in [5, 5.41) is 0. The summed E-state index contributed by atoms with van der Waals surface area (Å²) in [6.45, 7) is 0. The fraction of sp³-hybridized carbons (Fsp3) is 0. The third kappa shape index (κ3) is 1.29. The van der Waals surface area contributed by atoms with Crippen LogP contribution >= 0.6 is 0 Å². The highest BCUT2D eigenvalue weighted by Gasteiger charge is 2.04. The molecule has 0 radical (unpaired) electrons. The van der Waals surface area contributed by atoms with Crippen LogP contribution in [0, 0.1) is 0 Å². The average molecular weight is 162 g/mol. The molecule has 12 heavy (non-hydrogen) atoms. The Balaban J connectivity index is 3.40. The number of hydrogen-bond acceptors (Lipinski definition) is 3. The van der Waals surface area contributed by atoms with Gasteiger partial charge in [-0.2, -0.15) is 0 Å². The highest BCUT2D eigenvalue weighted by atomic mass is 16.1. The molecule has 0 amide bonds. The largest absolute Gasteiger partial charge is 0.298 e. The lowest BCUT2D eigenvalue weighted by atomic mass is 10.0. The van der Waals surface area contributed by atoms with E-state index in [-0.39, 0.29) is 16.7 Å². The quantitative estimate of drug-likeness (QED) is 0.626. The Bertz CT molecular complexity index is 302. The number of carbonyl (C=O) groups is 3. The van der Waals surface area contributed by atoms with Crippen molar-refractivity contribution in [3.05, 3.63) is 34.9 Å². The molecule has 60 valence electrons. The highest BCUT2D eigenvalue weighted by molar-refractivity contribution is 5.98. The van der Waals surface area contributed by atoms with Gasteiger partial charge in [-0.15, -0.1) is 0 Å². The van der Waals surface area contributed by atoms with Crippen molar-refractivity contribution in [2.75, 3.05) is 0 Å². The monoisotopic (exact) mass is 162 g/mol. The zero-order chi connectivity index (χ0) is 8.97. The van der Waals surface area contributed by atoms with E-state index < -0.39 is 0 Å². The van der Waals surface area contributed by atoms with E-state index in [1.54, 1.807) is 6.07 Å². The Kier molecular flexibility index (Phi) is 2.48. The summed E-state index contributed by atoms with van der Waals surface area (Å²) in [6, 6.07) is 4.54. The second kappa shape index (κ2) is 3.57. The molecule has 0 aliphatic carbocycles. The van der Waals surface area contributed by atoms with E-state index >= 15 is 0 Å². The molecule has 0 N–H and O–H groups in total. The molecule has 0 saturated heterocycles. The second-order valence-electron chi connectivity index (χ2n) is 2.20. The Labute approximate surface area is 69.0 Å². The molecule has 1 rings (SSSR count). The number of hydrogen-bond donors (Lipinski definition) is 0. The van der Waals surface area contributed by atoms with Crippen LogP contribution < -0.4 is 0 Å². The molecule has 0 bridgehead atoms. The first-order valence-corrected chi connectivity index (χ1v) is 3.32. The maximum atomic E-state index is 10.4. The van der Waals surface area contributed by atoms with E-state index in [0.717, 1.165) is 0 Å². The summed E-state index contributed by atoms with van der Waals surface area (Å²) in [4.78, 5) is 31.2. The van der Waals surface area contributed by atoms with E-state index in [1.165, 1.54) is 12.1 Å². The molecule has 0 fully saturated rings. The number of rotatable bonds is 3. The van der Waals surface area contributed by atoms with Gasteiger partial charge < -0.3 is 0 Å². The first-order valence-electron chi connectivity index (χ1n) is 3.32. The summed E-state index contributed by atoms with van der Waals surface area (Å²) in [5.74, 6) is 0. The maximum Gasteiger partial charge on any atom is 0.151 e. The highest BCUT2D eigenvalue weighted by Crippen LogP contribution is 2.08. The number of carbonyl (C=O) groups excluding carboxylic acids is 3. The Morgan fingerprint density at radius 1 is 0.833 bits per heavy atom. The van der Waals surface area contributed by atoms with Crippen molar-refractivity contribution in [3.8, 4) is 0 Å². The minimum Gasteiger partial charge on any atom is -0.298 e. The van der Waals surface area contributed by atoms with Gasteiger partial charge in [0.1, 0.15) is 0 Å². The van der Waals surface area contributed by atoms with E-state index in [2.05, 4.69) is 0 Å². The molecule has 0 atom stereocenters. The summed E-state index contributed by atoms with van der Waals surface area (Å²) in [5.41, 5.74) is 0.645. The van der Waals surface area contributed by atoms with Crippen LogP contribution in [0.1, 0.15) is 31.1 Å². The number of aldehydes is 3. The molecule has 1 aromatic carbocycles. The molecule has 3 heteroatoms. The lowest BCUT2D eigenvalue weighted by molar-refractivity contribution is 0.108. The minimum absolute atomic E-state index is 0.155. The minimum atomic E-state index is 0.155. The first-order chi connectivity index (χ1) is 5.83. The molecule has 0 aromatic heterocycles. The van der Waals surface area contributed by atoms with Gasteiger partial charge in [-0.1, -0.05) is 18.2 Å². The van der Waals surface area contributed by atoms with Crippen LogP contribution in [-0.4, -0.2) is 18.9 Å². The average Bonchev–Trinajstić information content (AvgIpc) is 2.16. The molecule has 0 unspecified atom stereocenters. The zero-order valence-corrected chi connectivity index (χ0v) is 6.19. The van der Waals surface area contributed by atoms with Gasteiger partial charge in [0.25, 0.3) is 0 Å². The van der Waals surface area contributed by atoms with Crippen molar-refractivity contribution in [1.29, 1.82) is 0 Å². The van der Waals surface area contributed by atoms with E-state index in [1.807, 2.05) is 0 Å². The van der Waals surface area contributed by atoms with Crippen molar-refractivity contribution >= 4 is 18.9 Å². The fourth-order valence-electron chi connectivity index (χ4n) is 0.943. The van der Waals surface area contributed by atoms with Crippen molar-refractivity contribution in [1.82, 2.24) is 0 Å². The van der Waals surface area contributed by atoms with Gasteiger partial charge in [0.2, 0.25) is 0 Å². The normalized spacial score (nSPS) is 9.00. The van der Waals surface area contributed by atoms with Gasteiger partial charge in [-0.25, -0.2) is 0 Å². The van der Waals surface area contributed by atoms with Crippen molar-refractivity contribution in [2.24, 2.45) is 0 Å². The molecule has 0 aliphatic heterocycles. The summed E-state index contributed by atoms with van der Waals surface area (Å²) in [7, 11) is 0. The molecule has 0 saturated carbocycles.